The number of methoxy groups -OCH3 is 1. The molecular weight excluding hydrogens is 278 g/mol. The third-order valence-electron chi connectivity index (χ3n) is 4.28. The number of benzene rings is 1. The highest BCUT2D eigenvalue weighted by Crippen LogP contribution is 2.33. The van der Waals surface area contributed by atoms with Crippen molar-refractivity contribution in [1.82, 2.24) is 15.1 Å². The minimum atomic E-state index is 0.137. The van der Waals surface area contributed by atoms with Gasteiger partial charge in [0.2, 0.25) is 0 Å². The zero-order valence-corrected chi connectivity index (χ0v) is 13.2. The van der Waals surface area contributed by atoms with Crippen LogP contribution in [0.3, 0.4) is 0 Å². The second-order valence-corrected chi connectivity index (χ2v) is 5.66. The maximum absolute atomic E-state index is 5.91. The average molecular weight is 301 g/mol. The molecule has 2 atom stereocenters. The van der Waals surface area contributed by atoms with E-state index < -0.39 is 0 Å². The number of hydrogen-bond donors (Lipinski definition) is 1. The lowest BCUT2D eigenvalue weighted by molar-refractivity contribution is 0.0838. The maximum Gasteiger partial charge on any atom is 0.123 e. The van der Waals surface area contributed by atoms with Crippen molar-refractivity contribution in [3.05, 3.63) is 47.8 Å². The molecule has 0 radical (unpaired) electrons. The molecule has 22 heavy (non-hydrogen) atoms. The topological polar surface area (TPSA) is 48.3 Å². The zero-order chi connectivity index (χ0) is 15.4. The van der Waals surface area contributed by atoms with E-state index in [-0.39, 0.29) is 6.10 Å². The van der Waals surface area contributed by atoms with Gasteiger partial charge in [0.25, 0.3) is 0 Å². The molecule has 1 fully saturated rings. The minimum absolute atomic E-state index is 0.137. The number of nitrogens with one attached hydrogen (secondary N) is 1. The van der Waals surface area contributed by atoms with Crippen LogP contribution in [0.25, 0.3) is 0 Å². The molecule has 1 aliphatic rings. The third kappa shape index (κ3) is 3.15. The van der Waals surface area contributed by atoms with E-state index in [1.165, 1.54) is 5.56 Å². The summed E-state index contributed by atoms with van der Waals surface area (Å²) < 4.78 is 13.2. The van der Waals surface area contributed by atoms with Crippen LogP contribution in [0, 0.1) is 5.92 Å². The molecule has 2 heterocycles. The molecule has 1 aromatic carbocycles. The Hall–Kier alpha value is -1.85. The Labute approximate surface area is 131 Å². The van der Waals surface area contributed by atoms with Gasteiger partial charge in [-0.25, -0.2) is 0 Å². The fourth-order valence-corrected chi connectivity index (χ4v) is 3.07. The van der Waals surface area contributed by atoms with E-state index in [2.05, 4.69) is 16.5 Å². The van der Waals surface area contributed by atoms with Gasteiger partial charge >= 0.3 is 0 Å². The van der Waals surface area contributed by atoms with Gasteiger partial charge in [0.05, 0.1) is 12.8 Å². The largest absolute Gasteiger partial charge is 0.496 e. The highest BCUT2D eigenvalue weighted by molar-refractivity contribution is 5.32. The molecule has 5 nitrogen and oxygen atoms in total. The van der Waals surface area contributed by atoms with E-state index >= 15 is 0 Å². The summed E-state index contributed by atoms with van der Waals surface area (Å²) in [6.07, 6.45) is 3.04. The number of hydrogen-bond acceptors (Lipinski definition) is 4. The summed E-state index contributed by atoms with van der Waals surface area (Å²) in [5, 5.41) is 7.79. The number of ether oxygens (including phenoxy) is 2. The highest BCUT2D eigenvalue weighted by Gasteiger charge is 2.31. The molecule has 0 bridgehead atoms. The van der Waals surface area contributed by atoms with Crippen molar-refractivity contribution in [2.75, 3.05) is 20.3 Å². The molecule has 0 saturated carbocycles. The van der Waals surface area contributed by atoms with E-state index in [0.717, 1.165) is 37.6 Å². The molecule has 5 heteroatoms. The van der Waals surface area contributed by atoms with Crippen LogP contribution in [0.4, 0.5) is 0 Å². The van der Waals surface area contributed by atoms with Gasteiger partial charge in [-0.2, -0.15) is 5.10 Å². The second-order valence-electron chi connectivity index (χ2n) is 5.66. The van der Waals surface area contributed by atoms with Gasteiger partial charge in [0.1, 0.15) is 11.9 Å². The Bertz CT molecular complexity index is 611. The van der Waals surface area contributed by atoms with Crippen LogP contribution >= 0.6 is 0 Å². The summed E-state index contributed by atoms with van der Waals surface area (Å²) in [6, 6.07) is 10.2. The summed E-state index contributed by atoms with van der Waals surface area (Å²) in [5.41, 5.74) is 2.34. The van der Waals surface area contributed by atoms with Crippen molar-refractivity contribution < 1.29 is 9.47 Å². The van der Waals surface area contributed by atoms with Crippen LogP contribution in [-0.4, -0.2) is 30.0 Å². The first-order valence-electron chi connectivity index (χ1n) is 7.71. The molecule has 1 saturated heterocycles. The second kappa shape index (κ2) is 6.94. The fraction of sp³-hybridized carbons (Fsp3) is 0.471. The molecule has 0 aliphatic carbocycles. The van der Waals surface area contributed by atoms with Crippen LogP contribution in [0.2, 0.25) is 0 Å². The van der Waals surface area contributed by atoms with E-state index in [9.17, 15) is 0 Å². The average Bonchev–Trinajstić information content (AvgIpc) is 3.16. The van der Waals surface area contributed by atoms with Gasteiger partial charge in [0, 0.05) is 44.4 Å². The lowest BCUT2D eigenvalue weighted by Gasteiger charge is -2.19. The summed E-state index contributed by atoms with van der Waals surface area (Å²) in [4.78, 5) is 0. The Morgan fingerprint density at radius 2 is 2.23 bits per heavy atom. The first-order chi connectivity index (χ1) is 10.8. The molecule has 0 amide bonds. The lowest BCUT2D eigenvalue weighted by Crippen LogP contribution is -2.25. The van der Waals surface area contributed by atoms with Gasteiger partial charge in [-0.05, 0) is 18.6 Å². The van der Waals surface area contributed by atoms with Gasteiger partial charge < -0.3 is 14.8 Å². The minimum Gasteiger partial charge on any atom is -0.496 e. The van der Waals surface area contributed by atoms with Crippen molar-refractivity contribution in [2.45, 2.75) is 19.1 Å². The first kappa shape index (κ1) is 15.1. The number of nitrogens with zero attached hydrogens (tertiary/aromatic N) is 2. The van der Waals surface area contributed by atoms with Crippen molar-refractivity contribution in [3.63, 3.8) is 0 Å². The Kier molecular flexibility index (Phi) is 4.75. The highest BCUT2D eigenvalue weighted by atomic mass is 16.5. The Morgan fingerprint density at radius 3 is 3.00 bits per heavy atom. The summed E-state index contributed by atoms with van der Waals surface area (Å²) >= 11 is 0. The smallest absolute Gasteiger partial charge is 0.123 e. The molecule has 1 aromatic heterocycles. The fourth-order valence-electron chi connectivity index (χ4n) is 3.07. The first-order valence-corrected chi connectivity index (χ1v) is 7.71. The number of rotatable bonds is 6. The number of para-hydroxylation sites is 1. The third-order valence-corrected chi connectivity index (χ3v) is 4.28. The zero-order valence-electron chi connectivity index (χ0n) is 13.2. The Morgan fingerprint density at radius 1 is 1.36 bits per heavy atom. The maximum atomic E-state index is 5.91. The van der Waals surface area contributed by atoms with Crippen LogP contribution in [0.15, 0.2) is 36.5 Å². The summed E-state index contributed by atoms with van der Waals surface area (Å²) in [6.45, 7) is 2.55. The summed E-state index contributed by atoms with van der Waals surface area (Å²) in [5.74, 6) is 1.41. The molecule has 1 N–H and O–H groups in total. The molecule has 1 aliphatic heterocycles. The molecule has 118 valence electrons. The SMILES string of the molecule is COc1ccccc1CNC[C@@H]1CCO[C@H]1c1ccnn1C. The predicted molar refractivity (Wildman–Crippen MR) is 84.7 cm³/mol. The Balaban J connectivity index is 1.58. The van der Waals surface area contributed by atoms with Crippen molar-refractivity contribution in [3.8, 4) is 5.75 Å². The quantitative estimate of drug-likeness (QED) is 0.889. The predicted octanol–water partition coefficient (Wildman–Crippen LogP) is 2.30. The normalized spacial score (nSPS) is 21.2. The van der Waals surface area contributed by atoms with Gasteiger partial charge in [-0.3, -0.25) is 4.68 Å². The van der Waals surface area contributed by atoms with Crippen LogP contribution in [0.1, 0.15) is 23.8 Å². The number of aromatic nitrogens is 2. The van der Waals surface area contributed by atoms with E-state index in [4.69, 9.17) is 9.47 Å². The van der Waals surface area contributed by atoms with Crippen LogP contribution in [-0.2, 0) is 18.3 Å². The molecular formula is C17H23N3O2. The summed E-state index contributed by atoms with van der Waals surface area (Å²) in [7, 11) is 3.68. The van der Waals surface area contributed by atoms with Crippen molar-refractivity contribution in [1.29, 1.82) is 0 Å². The lowest BCUT2D eigenvalue weighted by atomic mass is 9.99. The van der Waals surface area contributed by atoms with Crippen LogP contribution in [0.5, 0.6) is 5.75 Å². The standard InChI is InChI=1S/C17H23N3O2/c1-20-15(7-9-19-20)17-14(8-10-22-17)12-18-11-13-5-3-4-6-16(13)21-2/h3-7,9,14,17-18H,8,10-12H2,1-2H3/t14-,17+/m0/s1. The van der Waals surface area contributed by atoms with E-state index in [0.29, 0.717) is 5.92 Å². The molecule has 0 unspecified atom stereocenters. The monoisotopic (exact) mass is 301 g/mol. The van der Waals surface area contributed by atoms with E-state index in [1.807, 2.05) is 42.2 Å². The molecule has 3 rings (SSSR count). The van der Waals surface area contributed by atoms with Gasteiger partial charge in [-0.1, -0.05) is 18.2 Å². The van der Waals surface area contributed by atoms with Crippen molar-refractivity contribution >= 4 is 0 Å². The van der Waals surface area contributed by atoms with Crippen LogP contribution < -0.4 is 10.1 Å². The van der Waals surface area contributed by atoms with Crippen molar-refractivity contribution in [2.24, 2.45) is 13.0 Å². The number of aryl methyl sites for hydroxylation is 1. The molecule has 0 spiro atoms. The van der Waals surface area contributed by atoms with Gasteiger partial charge in [-0.15, -0.1) is 0 Å². The van der Waals surface area contributed by atoms with Gasteiger partial charge in [0.15, 0.2) is 0 Å². The van der Waals surface area contributed by atoms with E-state index in [1.54, 1.807) is 7.11 Å². The molecule has 2 aromatic rings.